The Hall–Kier alpha value is -3.32. The second-order valence-electron chi connectivity index (χ2n) is 6.36. The summed E-state index contributed by atoms with van der Waals surface area (Å²) in [4.78, 5) is 4.52. The molecule has 4 aromatic rings. The highest BCUT2D eigenvalue weighted by Gasteiger charge is 2.28. The number of aromatic hydroxyl groups is 1. The first-order chi connectivity index (χ1) is 13.7. The van der Waals surface area contributed by atoms with E-state index in [0.717, 1.165) is 22.0 Å². The molecular formula is C21H16N4O2S. The summed E-state index contributed by atoms with van der Waals surface area (Å²) < 4.78 is 6.26. The number of ether oxygens (including phenoxy) is 1. The van der Waals surface area contributed by atoms with Gasteiger partial charge < -0.3 is 15.2 Å². The first kappa shape index (κ1) is 16.8. The minimum absolute atomic E-state index is 0.157. The van der Waals surface area contributed by atoms with Crippen molar-refractivity contribution in [1.29, 1.82) is 0 Å². The Morgan fingerprint density at radius 2 is 1.82 bits per heavy atom. The lowest BCUT2D eigenvalue weighted by molar-refractivity contribution is 0.222. The van der Waals surface area contributed by atoms with E-state index in [9.17, 15) is 5.11 Å². The van der Waals surface area contributed by atoms with Gasteiger partial charge in [-0.15, -0.1) is 10.2 Å². The third-order valence-electron chi connectivity index (χ3n) is 4.73. The van der Waals surface area contributed by atoms with E-state index in [4.69, 9.17) is 4.74 Å². The number of phenols is 1. The SMILES string of the molecule is CSc1nnc2c(n1)OC(c1c(O)ccc3ccccc13)Nc1ccccc1-2. The average molecular weight is 388 g/mol. The van der Waals surface area contributed by atoms with Gasteiger partial charge in [0.25, 0.3) is 0 Å². The standard InChI is InChI=1S/C21H16N4O2S/c1-28-21-23-20-18(24-25-21)14-8-4-5-9-15(14)22-19(27-20)17-13-7-3-2-6-12(13)10-11-16(17)26/h2-11,19,22,26H,1H3. The largest absolute Gasteiger partial charge is 0.507 e. The molecule has 2 heterocycles. The Morgan fingerprint density at radius 1 is 1.00 bits per heavy atom. The highest BCUT2D eigenvalue weighted by molar-refractivity contribution is 7.98. The number of nitrogens with one attached hydrogen (secondary N) is 1. The van der Waals surface area contributed by atoms with Crippen molar-refractivity contribution in [1.82, 2.24) is 15.2 Å². The molecule has 1 aromatic heterocycles. The molecular weight excluding hydrogens is 372 g/mol. The predicted molar refractivity (Wildman–Crippen MR) is 110 cm³/mol. The lowest BCUT2D eigenvalue weighted by Gasteiger charge is -2.21. The molecule has 0 aliphatic carbocycles. The minimum atomic E-state index is -0.639. The van der Waals surface area contributed by atoms with Crippen LogP contribution in [0.1, 0.15) is 11.8 Å². The smallest absolute Gasteiger partial charge is 0.247 e. The van der Waals surface area contributed by atoms with Crippen LogP contribution in [0.2, 0.25) is 0 Å². The number of phenolic OH excluding ortho intramolecular Hbond substituents is 1. The van der Waals surface area contributed by atoms with E-state index in [2.05, 4.69) is 20.5 Å². The van der Waals surface area contributed by atoms with E-state index in [-0.39, 0.29) is 5.75 Å². The molecule has 1 unspecified atom stereocenters. The third-order valence-corrected chi connectivity index (χ3v) is 5.26. The van der Waals surface area contributed by atoms with Crippen LogP contribution in [0.25, 0.3) is 22.0 Å². The van der Waals surface area contributed by atoms with E-state index < -0.39 is 6.23 Å². The van der Waals surface area contributed by atoms with Crippen LogP contribution in [0.15, 0.2) is 65.8 Å². The summed E-state index contributed by atoms with van der Waals surface area (Å²) in [7, 11) is 0. The summed E-state index contributed by atoms with van der Waals surface area (Å²) >= 11 is 1.40. The van der Waals surface area contributed by atoms with Gasteiger partial charge in [0.15, 0.2) is 5.69 Å². The molecule has 0 bridgehead atoms. The first-order valence-corrected chi connectivity index (χ1v) is 9.99. The minimum Gasteiger partial charge on any atom is -0.507 e. The van der Waals surface area contributed by atoms with E-state index in [1.165, 1.54) is 11.8 Å². The lowest BCUT2D eigenvalue weighted by Crippen LogP contribution is -2.17. The number of nitrogens with zero attached hydrogens (tertiary/aromatic N) is 3. The van der Waals surface area contributed by atoms with Gasteiger partial charge in [-0.1, -0.05) is 60.3 Å². The van der Waals surface area contributed by atoms with Crippen molar-refractivity contribution >= 4 is 28.2 Å². The zero-order valence-corrected chi connectivity index (χ0v) is 15.8. The van der Waals surface area contributed by atoms with Crippen LogP contribution < -0.4 is 10.1 Å². The van der Waals surface area contributed by atoms with Crippen molar-refractivity contribution in [2.24, 2.45) is 0 Å². The quantitative estimate of drug-likeness (QED) is 0.485. The van der Waals surface area contributed by atoms with E-state index in [1.54, 1.807) is 6.07 Å². The summed E-state index contributed by atoms with van der Waals surface area (Å²) in [6.07, 6.45) is 1.25. The van der Waals surface area contributed by atoms with Crippen molar-refractivity contribution in [3.05, 3.63) is 66.2 Å². The van der Waals surface area contributed by atoms with Crippen molar-refractivity contribution in [3.63, 3.8) is 0 Å². The molecule has 5 rings (SSSR count). The third kappa shape index (κ3) is 2.71. The topological polar surface area (TPSA) is 80.2 Å². The fourth-order valence-corrected chi connectivity index (χ4v) is 3.72. The number of thioether (sulfide) groups is 1. The molecule has 2 N–H and O–H groups in total. The van der Waals surface area contributed by atoms with Crippen molar-refractivity contribution < 1.29 is 9.84 Å². The maximum atomic E-state index is 10.7. The lowest BCUT2D eigenvalue weighted by atomic mass is 10.0. The molecule has 0 radical (unpaired) electrons. The van der Waals surface area contributed by atoms with Gasteiger partial charge in [0.05, 0.1) is 5.56 Å². The Morgan fingerprint density at radius 3 is 2.71 bits per heavy atom. The van der Waals surface area contributed by atoms with Crippen LogP contribution in [-0.2, 0) is 0 Å². The molecule has 0 amide bonds. The van der Waals surface area contributed by atoms with Gasteiger partial charge in [-0.25, -0.2) is 0 Å². The van der Waals surface area contributed by atoms with Crippen LogP contribution in [0.3, 0.4) is 0 Å². The molecule has 0 saturated heterocycles. The zero-order chi connectivity index (χ0) is 19.1. The molecule has 28 heavy (non-hydrogen) atoms. The summed E-state index contributed by atoms with van der Waals surface area (Å²) in [6.45, 7) is 0. The van der Waals surface area contributed by atoms with Crippen LogP contribution >= 0.6 is 11.8 Å². The molecule has 0 spiro atoms. The zero-order valence-electron chi connectivity index (χ0n) is 15.0. The van der Waals surface area contributed by atoms with Crippen LogP contribution in [0.4, 0.5) is 5.69 Å². The number of para-hydroxylation sites is 1. The molecule has 1 aliphatic heterocycles. The van der Waals surface area contributed by atoms with Crippen molar-refractivity contribution in [3.8, 4) is 22.9 Å². The summed E-state index contributed by atoms with van der Waals surface area (Å²) in [5, 5.41) is 25.0. The van der Waals surface area contributed by atoms with E-state index >= 15 is 0 Å². The van der Waals surface area contributed by atoms with Gasteiger partial charge in [-0.3, -0.25) is 0 Å². The fraction of sp³-hybridized carbons (Fsp3) is 0.0952. The highest BCUT2D eigenvalue weighted by atomic mass is 32.2. The molecule has 0 fully saturated rings. The second kappa shape index (κ2) is 6.69. The van der Waals surface area contributed by atoms with E-state index in [0.29, 0.717) is 22.3 Å². The molecule has 0 saturated carbocycles. The predicted octanol–water partition coefficient (Wildman–Crippen LogP) is 4.62. The molecule has 1 aliphatic rings. The highest BCUT2D eigenvalue weighted by Crippen LogP contribution is 2.42. The molecule has 1 atom stereocenters. The summed E-state index contributed by atoms with van der Waals surface area (Å²) in [6, 6.07) is 19.2. The number of anilines is 1. The number of hydrogen-bond acceptors (Lipinski definition) is 7. The Bertz CT molecular complexity index is 1200. The fourth-order valence-electron chi connectivity index (χ4n) is 3.42. The van der Waals surface area contributed by atoms with Crippen LogP contribution in [0.5, 0.6) is 11.6 Å². The molecule has 138 valence electrons. The van der Waals surface area contributed by atoms with Crippen molar-refractivity contribution in [2.45, 2.75) is 11.4 Å². The van der Waals surface area contributed by atoms with Crippen molar-refractivity contribution in [2.75, 3.05) is 11.6 Å². The van der Waals surface area contributed by atoms with Crippen LogP contribution in [0, 0.1) is 0 Å². The number of rotatable bonds is 2. The Balaban J connectivity index is 1.74. The van der Waals surface area contributed by atoms with Gasteiger partial charge in [0.2, 0.25) is 17.3 Å². The molecule has 3 aromatic carbocycles. The number of aromatic nitrogens is 3. The van der Waals surface area contributed by atoms with Crippen LogP contribution in [-0.4, -0.2) is 26.5 Å². The monoisotopic (exact) mass is 388 g/mol. The summed E-state index contributed by atoms with van der Waals surface area (Å²) in [5.41, 5.74) is 2.92. The number of fused-ring (bicyclic) bond motifs is 4. The maximum absolute atomic E-state index is 10.7. The Labute approximate surface area is 165 Å². The summed E-state index contributed by atoms with van der Waals surface area (Å²) in [5.74, 6) is 0.540. The second-order valence-corrected chi connectivity index (χ2v) is 7.13. The number of hydrogen-bond donors (Lipinski definition) is 2. The van der Waals surface area contributed by atoms with Gasteiger partial charge in [-0.2, -0.15) is 4.98 Å². The number of benzene rings is 3. The van der Waals surface area contributed by atoms with E-state index in [1.807, 2.05) is 60.9 Å². The van der Waals surface area contributed by atoms with Gasteiger partial charge >= 0.3 is 0 Å². The van der Waals surface area contributed by atoms with Gasteiger partial charge in [0, 0.05) is 11.3 Å². The average Bonchev–Trinajstić information content (AvgIpc) is 2.89. The Kier molecular flexibility index (Phi) is 4.02. The van der Waals surface area contributed by atoms with Gasteiger partial charge in [-0.05, 0) is 29.2 Å². The molecule has 7 heteroatoms. The van der Waals surface area contributed by atoms with Gasteiger partial charge in [0.1, 0.15) is 5.75 Å². The maximum Gasteiger partial charge on any atom is 0.247 e. The normalized spacial score (nSPS) is 15.1. The molecule has 6 nitrogen and oxygen atoms in total. The first-order valence-electron chi connectivity index (χ1n) is 8.76.